The van der Waals surface area contributed by atoms with E-state index in [1.54, 1.807) is 7.11 Å². The average molecular weight is 249 g/mol. The lowest BCUT2D eigenvalue weighted by molar-refractivity contribution is -0.138. The van der Waals surface area contributed by atoms with Crippen LogP contribution in [0.1, 0.15) is 19.3 Å². The topological polar surface area (TPSA) is 41.6 Å². The van der Waals surface area contributed by atoms with Crippen molar-refractivity contribution < 1.29 is 9.53 Å². The first kappa shape index (κ1) is 13.7. The molecule has 2 saturated heterocycles. The van der Waals surface area contributed by atoms with Crippen molar-refractivity contribution in [1.29, 1.82) is 0 Å². The van der Waals surface area contributed by atoms with Gasteiger partial charge in [-0.1, -0.05) is 0 Å². The van der Waals surface area contributed by atoms with Crippen LogP contribution in [0.4, 0.5) is 0 Å². The molecule has 0 radical (unpaired) electrons. The van der Waals surface area contributed by atoms with E-state index in [2.05, 4.69) is 5.32 Å². The number of amides is 1. The van der Waals surface area contributed by atoms with Crippen molar-refractivity contribution in [2.75, 3.05) is 33.3 Å². The van der Waals surface area contributed by atoms with Gasteiger partial charge in [0.1, 0.15) is 0 Å². The van der Waals surface area contributed by atoms with Crippen LogP contribution < -0.4 is 5.32 Å². The van der Waals surface area contributed by atoms with Crippen LogP contribution in [0.25, 0.3) is 0 Å². The Balaban J connectivity index is 0.00000128. The Labute approximate surface area is 103 Å². The molecule has 2 atom stereocenters. The standard InChI is InChI=1S/C11H20N2O2.ClH/c1-15-10-3-2-6-13(8-10)11(14)9-4-5-12-7-9;/h9-10,12H,2-8H2,1H3;1H/t9-,10?;/m1./s1. The average Bonchev–Trinajstić information content (AvgIpc) is 2.81. The summed E-state index contributed by atoms with van der Waals surface area (Å²) in [4.78, 5) is 14.1. The molecule has 0 bridgehead atoms. The fraction of sp³-hybridized carbons (Fsp3) is 0.909. The number of piperidine rings is 1. The highest BCUT2D eigenvalue weighted by Gasteiger charge is 2.30. The lowest BCUT2D eigenvalue weighted by atomic mass is 10.0. The number of ether oxygens (including phenoxy) is 1. The number of nitrogens with one attached hydrogen (secondary N) is 1. The molecule has 4 nitrogen and oxygen atoms in total. The molecule has 0 aromatic heterocycles. The maximum absolute atomic E-state index is 12.1. The molecule has 0 aliphatic carbocycles. The van der Waals surface area contributed by atoms with Crippen molar-refractivity contribution in [1.82, 2.24) is 10.2 Å². The Morgan fingerprint density at radius 1 is 1.44 bits per heavy atom. The van der Waals surface area contributed by atoms with Gasteiger partial charge in [0.25, 0.3) is 0 Å². The fourth-order valence-corrected chi connectivity index (χ4v) is 2.45. The minimum atomic E-state index is 0. The number of methoxy groups -OCH3 is 1. The second-order valence-corrected chi connectivity index (χ2v) is 4.47. The third kappa shape index (κ3) is 3.09. The molecule has 94 valence electrons. The number of likely N-dealkylation sites (tertiary alicyclic amines) is 1. The summed E-state index contributed by atoms with van der Waals surface area (Å²) < 4.78 is 5.32. The SMILES string of the molecule is COC1CCCN(C(=O)[C@@H]2CCNC2)C1.Cl. The van der Waals surface area contributed by atoms with E-state index in [9.17, 15) is 4.79 Å². The normalized spacial score (nSPS) is 29.9. The van der Waals surface area contributed by atoms with Gasteiger partial charge in [-0.25, -0.2) is 0 Å². The number of carbonyl (C=O) groups is 1. The van der Waals surface area contributed by atoms with Crippen LogP contribution in [0, 0.1) is 5.92 Å². The number of hydrogen-bond acceptors (Lipinski definition) is 3. The zero-order valence-corrected chi connectivity index (χ0v) is 10.6. The second kappa shape index (κ2) is 6.42. The van der Waals surface area contributed by atoms with Crippen LogP contribution in [-0.4, -0.2) is 50.2 Å². The molecule has 16 heavy (non-hydrogen) atoms. The molecule has 2 heterocycles. The molecule has 2 rings (SSSR count). The van der Waals surface area contributed by atoms with E-state index in [4.69, 9.17) is 4.74 Å². The molecule has 1 unspecified atom stereocenters. The summed E-state index contributed by atoms with van der Waals surface area (Å²) >= 11 is 0. The molecule has 2 aliphatic rings. The number of halogens is 1. The maximum atomic E-state index is 12.1. The predicted molar refractivity (Wildman–Crippen MR) is 64.8 cm³/mol. The summed E-state index contributed by atoms with van der Waals surface area (Å²) in [5.41, 5.74) is 0. The van der Waals surface area contributed by atoms with Crippen LogP contribution in [0.5, 0.6) is 0 Å². The third-order valence-electron chi connectivity index (χ3n) is 3.43. The molecule has 0 aromatic carbocycles. The summed E-state index contributed by atoms with van der Waals surface area (Å²) in [5.74, 6) is 0.530. The zero-order chi connectivity index (χ0) is 10.7. The molecule has 0 spiro atoms. The molecule has 0 saturated carbocycles. The predicted octanol–water partition coefficient (Wildman–Crippen LogP) is 0.655. The van der Waals surface area contributed by atoms with E-state index >= 15 is 0 Å². The van der Waals surface area contributed by atoms with E-state index in [0.717, 1.165) is 45.4 Å². The van der Waals surface area contributed by atoms with E-state index < -0.39 is 0 Å². The van der Waals surface area contributed by atoms with Crippen molar-refractivity contribution in [2.24, 2.45) is 5.92 Å². The second-order valence-electron chi connectivity index (χ2n) is 4.47. The third-order valence-corrected chi connectivity index (χ3v) is 3.43. The Bertz CT molecular complexity index is 232. The Morgan fingerprint density at radius 3 is 2.88 bits per heavy atom. The van der Waals surface area contributed by atoms with Gasteiger partial charge in [-0.15, -0.1) is 12.4 Å². The van der Waals surface area contributed by atoms with Gasteiger partial charge in [0.15, 0.2) is 0 Å². The summed E-state index contributed by atoms with van der Waals surface area (Å²) in [6.07, 6.45) is 3.40. The Hall–Kier alpha value is -0.320. The van der Waals surface area contributed by atoms with Crippen molar-refractivity contribution in [3.8, 4) is 0 Å². The van der Waals surface area contributed by atoms with Crippen LogP contribution in [0.2, 0.25) is 0 Å². The lowest BCUT2D eigenvalue weighted by Gasteiger charge is -2.33. The summed E-state index contributed by atoms with van der Waals surface area (Å²) in [6.45, 7) is 3.53. The highest BCUT2D eigenvalue weighted by atomic mass is 35.5. The lowest BCUT2D eigenvalue weighted by Crippen LogP contribution is -2.45. The fourth-order valence-electron chi connectivity index (χ4n) is 2.45. The number of carbonyl (C=O) groups excluding carboxylic acids is 1. The van der Waals surface area contributed by atoms with Crippen molar-refractivity contribution >= 4 is 18.3 Å². The molecule has 2 fully saturated rings. The van der Waals surface area contributed by atoms with Crippen molar-refractivity contribution in [3.63, 3.8) is 0 Å². The molecule has 0 aromatic rings. The smallest absolute Gasteiger partial charge is 0.227 e. The van der Waals surface area contributed by atoms with Gasteiger partial charge >= 0.3 is 0 Å². The number of hydrogen-bond donors (Lipinski definition) is 1. The van der Waals surface area contributed by atoms with Gasteiger partial charge in [-0.3, -0.25) is 4.79 Å². The van der Waals surface area contributed by atoms with Gasteiger partial charge < -0.3 is 15.0 Å². The van der Waals surface area contributed by atoms with Crippen molar-refractivity contribution in [2.45, 2.75) is 25.4 Å². The molecule has 1 N–H and O–H groups in total. The first-order valence-electron chi connectivity index (χ1n) is 5.83. The van der Waals surface area contributed by atoms with Gasteiger partial charge in [-0.2, -0.15) is 0 Å². The molecule has 1 amide bonds. The first-order chi connectivity index (χ1) is 7.31. The summed E-state index contributed by atoms with van der Waals surface area (Å²) in [7, 11) is 1.73. The number of nitrogens with zero attached hydrogens (tertiary/aromatic N) is 1. The van der Waals surface area contributed by atoms with Crippen LogP contribution in [0.3, 0.4) is 0 Å². The molecular formula is C11H21ClN2O2. The minimum Gasteiger partial charge on any atom is -0.380 e. The molecule has 5 heteroatoms. The van der Waals surface area contributed by atoms with Gasteiger partial charge in [0.2, 0.25) is 5.91 Å². The van der Waals surface area contributed by atoms with E-state index in [-0.39, 0.29) is 24.4 Å². The minimum absolute atomic E-state index is 0. The van der Waals surface area contributed by atoms with Crippen LogP contribution >= 0.6 is 12.4 Å². The largest absolute Gasteiger partial charge is 0.380 e. The van der Waals surface area contributed by atoms with Crippen LogP contribution in [0.15, 0.2) is 0 Å². The summed E-state index contributed by atoms with van der Waals surface area (Å²) in [5, 5.41) is 3.24. The van der Waals surface area contributed by atoms with E-state index in [1.807, 2.05) is 4.90 Å². The quantitative estimate of drug-likeness (QED) is 0.781. The zero-order valence-electron chi connectivity index (χ0n) is 9.78. The molecule has 2 aliphatic heterocycles. The maximum Gasteiger partial charge on any atom is 0.227 e. The van der Waals surface area contributed by atoms with Gasteiger partial charge in [-0.05, 0) is 25.8 Å². The monoisotopic (exact) mass is 248 g/mol. The highest BCUT2D eigenvalue weighted by Crippen LogP contribution is 2.17. The van der Waals surface area contributed by atoms with Gasteiger partial charge in [0, 0.05) is 26.7 Å². The Morgan fingerprint density at radius 2 is 2.25 bits per heavy atom. The molecular weight excluding hydrogens is 228 g/mol. The van der Waals surface area contributed by atoms with Gasteiger partial charge in [0.05, 0.1) is 12.0 Å². The van der Waals surface area contributed by atoms with E-state index in [0.29, 0.717) is 5.91 Å². The summed E-state index contributed by atoms with van der Waals surface area (Å²) in [6, 6.07) is 0. The number of rotatable bonds is 2. The van der Waals surface area contributed by atoms with E-state index in [1.165, 1.54) is 0 Å². The highest BCUT2D eigenvalue weighted by molar-refractivity contribution is 5.85. The Kier molecular flexibility index (Phi) is 5.52. The van der Waals surface area contributed by atoms with Crippen LogP contribution in [-0.2, 0) is 9.53 Å². The first-order valence-corrected chi connectivity index (χ1v) is 5.83. The van der Waals surface area contributed by atoms with Crippen molar-refractivity contribution in [3.05, 3.63) is 0 Å².